The van der Waals surface area contributed by atoms with Crippen molar-refractivity contribution in [3.63, 3.8) is 0 Å². The fraction of sp³-hybridized carbons (Fsp3) is 1.00. The summed E-state index contributed by atoms with van der Waals surface area (Å²) in [6.07, 6.45) is 2.57. The van der Waals surface area contributed by atoms with E-state index in [-0.39, 0.29) is 0 Å². The van der Waals surface area contributed by atoms with Crippen LogP contribution in [0.2, 0.25) is 0 Å². The average molecular weight is 243 g/mol. The molecule has 0 aromatic rings. The first-order valence-electron chi connectivity index (χ1n) is 7.43. The van der Waals surface area contributed by atoms with E-state index >= 15 is 0 Å². The molecule has 1 fully saturated rings. The summed E-state index contributed by atoms with van der Waals surface area (Å²) in [7, 11) is 0. The monoisotopic (exact) mass is 243 g/mol. The standard InChI is InChI=1S/C11H25N3.C3H8/c1-3-13(4-2)8-5-9-14-10-6-12-7-11-14;1-3-2/h12H,3-11H2,1-2H3;3H2,1-2H3. The molecule has 0 aliphatic carbocycles. The lowest BCUT2D eigenvalue weighted by Crippen LogP contribution is -2.44. The van der Waals surface area contributed by atoms with Gasteiger partial charge in [0.15, 0.2) is 0 Å². The number of hydrogen-bond acceptors (Lipinski definition) is 3. The van der Waals surface area contributed by atoms with E-state index in [4.69, 9.17) is 0 Å². The van der Waals surface area contributed by atoms with Crippen LogP contribution in [-0.2, 0) is 0 Å². The molecule has 0 aromatic heterocycles. The van der Waals surface area contributed by atoms with Crippen LogP contribution in [-0.4, -0.2) is 62.2 Å². The summed E-state index contributed by atoms with van der Waals surface area (Å²) in [5.41, 5.74) is 0. The summed E-state index contributed by atoms with van der Waals surface area (Å²) < 4.78 is 0. The Labute approximate surface area is 109 Å². The minimum Gasteiger partial charge on any atom is -0.314 e. The van der Waals surface area contributed by atoms with Gasteiger partial charge in [0.05, 0.1) is 0 Å². The highest BCUT2D eigenvalue weighted by molar-refractivity contribution is 4.67. The molecule has 0 spiro atoms. The third kappa shape index (κ3) is 9.57. The average Bonchev–Trinajstić information content (AvgIpc) is 2.37. The van der Waals surface area contributed by atoms with Crippen LogP contribution in [0, 0.1) is 0 Å². The van der Waals surface area contributed by atoms with Crippen LogP contribution in [0.4, 0.5) is 0 Å². The van der Waals surface area contributed by atoms with Gasteiger partial charge in [-0.25, -0.2) is 0 Å². The van der Waals surface area contributed by atoms with E-state index in [1.807, 2.05) is 0 Å². The lowest BCUT2D eigenvalue weighted by Gasteiger charge is -2.28. The molecule has 3 nitrogen and oxygen atoms in total. The molecule has 3 heteroatoms. The summed E-state index contributed by atoms with van der Waals surface area (Å²) in [5.74, 6) is 0. The number of hydrogen-bond donors (Lipinski definition) is 1. The van der Waals surface area contributed by atoms with Crippen molar-refractivity contribution in [2.24, 2.45) is 0 Å². The third-order valence-corrected chi connectivity index (χ3v) is 3.05. The van der Waals surface area contributed by atoms with E-state index in [1.165, 1.54) is 65.2 Å². The zero-order valence-electron chi connectivity index (χ0n) is 12.5. The van der Waals surface area contributed by atoms with E-state index < -0.39 is 0 Å². The van der Waals surface area contributed by atoms with Crippen LogP contribution < -0.4 is 5.32 Å². The van der Waals surface area contributed by atoms with Crippen molar-refractivity contribution in [2.45, 2.75) is 40.5 Å². The van der Waals surface area contributed by atoms with Crippen molar-refractivity contribution in [2.75, 3.05) is 52.4 Å². The molecule has 0 unspecified atom stereocenters. The van der Waals surface area contributed by atoms with Gasteiger partial charge in [0, 0.05) is 26.2 Å². The molecule has 1 N–H and O–H groups in total. The third-order valence-electron chi connectivity index (χ3n) is 3.05. The fourth-order valence-electron chi connectivity index (χ4n) is 1.99. The normalized spacial score (nSPS) is 16.8. The predicted octanol–water partition coefficient (Wildman–Crippen LogP) is 2.04. The SMILES string of the molecule is CCC.CCN(CC)CCCN1CCNCC1. The second-order valence-electron chi connectivity index (χ2n) is 4.68. The van der Waals surface area contributed by atoms with Gasteiger partial charge in [0.1, 0.15) is 0 Å². The van der Waals surface area contributed by atoms with Crippen LogP contribution in [0.3, 0.4) is 0 Å². The zero-order chi connectivity index (χ0) is 12.9. The van der Waals surface area contributed by atoms with E-state index in [9.17, 15) is 0 Å². The molecule has 0 bridgehead atoms. The molecule has 0 amide bonds. The zero-order valence-corrected chi connectivity index (χ0v) is 12.5. The Morgan fingerprint density at radius 1 is 1.00 bits per heavy atom. The van der Waals surface area contributed by atoms with Crippen LogP contribution in [0.15, 0.2) is 0 Å². The van der Waals surface area contributed by atoms with Crippen LogP contribution in [0.1, 0.15) is 40.5 Å². The molecule has 0 saturated carbocycles. The van der Waals surface area contributed by atoms with Gasteiger partial charge in [-0.15, -0.1) is 0 Å². The van der Waals surface area contributed by atoms with E-state index in [0.29, 0.717) is 0 Å². The van der Waals surface area contributed by atoms with Gasteiger partial charge in [-0.3, -0.25) is 0 Å². The van der Waals surface area contributed by atoms with Crippen molar-refractivity contribution in [3.8, 4) is 0 Å². The van der Waals surface area contributed by atoms with Gasteiger partial charge in [-0.05, 0) is 32.6 Å². The van der Waals surface area contributed by atoms with Gasteiger partial charge in [0.25, 0.3) is 0 Å². The summed E-state index contributed by atoms with van der Waals surface area (Å²) >= 11 is 0. The largest absolute Gasteiger partial charge is 0.314 e. The highest BCUT2D eigenvalue weighted by atomic mass is 15.2. The van der Waals surface area contributed by atoms with Gasteiger partial charge in [0.2, 0.25) is 0 Å². The molecule has 0 atom stereocenters. The van der Waals surface area contributed by atoms with E-state index in [2.05, 4.69) is 42.8 Å². The molecule has 1 aliphatic rings. The lowest BCUT2D eigenvalue weighted by molar-refractivity contribution is 0.216. The summed E-state index contributed by atoms with van der Waals surface area (Å²) in [5, 5.41) is 3.38. The minimum absolute atomic E-state index is 1.17. The Morgan fingerprint density at radius 2 is 1.53 bits per heavy atom. The van der Waals surface area contributed by atoms with Crippen molar-refractivity contribution >= 4 is 0 Å². The van der Waals surface area contributed by atoms with E-state index in [1.54, 1.807) is 0 Å². The highest BCUT2D eigenvalue weighted by Gasteiger charge is 2.08. The van der Waals surface area contributed by atoms with Crippen molar-refractivity contribution < 1.29 is 0 Å². The maximum Gasteiger partial charge on any atom is 0.0107 e. The van der Waals surface area contributed by atoms with Crippen LogP contribution in [0.5, 0.6) is 0 Å². The molecule has 1 heterocycles. The molecule has 104 valence electrons. The topological polar surface area (TPSA) is 18.5 Å². The number of nitrogens with one attached hydrogen (secondary N) is 1. The lowest BCUT2D eigenvalue weighted by atomic mass is 10.3. The van der Waals surface area contributed by atoms with Crippen LogP contribution in [0.25, 0.3) is 0 Å². The second-order valence-corrected chi connectivity index (χ2v) is 4.68. The number of piperazine rings is 1. The Hall–Kier alpha value is -0.120. The van der Waals surface area contributed by atoms with E-state index in [0.717, 1.165) is 0 Å². The van der Waals surface area contributed by atoms with Crippen molar-refractivity contribution in [3.05, 3.63) is 0 Å². The minimum atomic E-state index is 1.17. The molecule has 1 aliphatic heterocycles. The summed E-state index contributed by atoms with van der Waals surface area (Å²) in [6.45, 7) is 18.5. The first-order chi connectivity index (χ1) is 8.28. The van der Waals surface area contributed by atoms with Crippen LogP contribution >= 0.6 is 0 Å². The van der Waals surface area contributed by atoms with Gasteiger partial charge in [-0.1, -0.05) is 34.1 Å². The smallest absolute Gasteiger partial charge is 0.0107 e. The molecule has 0 radical (unpaired) electrons. The molecule has 1 saturated heterocycles. The molecular formula is C14H33N3. The van der Waals surface area contributed by atoms with Crippen molar-refractivity contribution in [1.82, 2.24) is 15.1 Å². The molecule has 0 aromatic carbocycles. The molecular weight excluding hydrogens is 210 g/mol. The number of nitrogens with zero attached hydrogens (tertiary/aromatic N) is 2. The van der Waals surface area contributed by atoms with Crippen molar-refractivity contribution in [1.29, 1.82) is 0 Å². The summed E-state index contributed by atoms with van der Waals surface area (Å²) in [4.78, 5) is 5.07. The quantitative estimate of drug-likeness (QED) is 0.770. The first-order valence-corrected chi connectivity index (χ1v) is 7.43. The Morgan fingerprint density at radius 3 is 2.00 bits per heavy atom. The predicted molar refractivity (Wildman–Crippen MR) is 77.7 cm³/mol. The molecule has 17 heavy (non-hydrogen) atoms. The van der Waals surface area contributed by atoms with Gasteiger partial charge < -0.3 is 15.1 Å². The maximum atomic E-state index is 3.38. The Balaban J connectivity index is 0.000000770. The fourth-order valence-corrected chi connectivity index (χ4v) is 1.99. The number of rotatable bonds is 6. The highest BCUT2D eigenvalue weighted by Crippen LogP contribution is 1.96. The Kier molecular flexibility index (Phi) is 12.3. The van der Waals surface area contributed by atoms with Gasteiger partial charge >= 0.3 is 0 Å². The first kappa shape index (κ1) is 16.9. The summed E-state index contributed by atoms with van der Waals surface area (Å²) in [6, 6.07) is 0. The second kappa shape index (κ2) is 12.3. The van der Waals surface area contributed by atoms with Gasteiger partial charge in [-0.2, -0.15) is 0 Å². The molecule has 1 rings (SSSR count). The Bertz CT molecular complexity index is 140. The maximum absolute atomic E-state index is 3.38.